The Morgan fingerprint density at radius 1 is 1.20 bits per heavy atom. The van der Waals surface area contributed by atoms with E-state index in [0.717, 1.165) is 37.2 Å². The first-order valence-electron chi connectivity index (χ1n) is 8.71. The van der Waals surface area contributed by atoms with Crippen LogP contribution in [0, 0.1) is 5.92 Å². The van der Waals surface area contributed by atoms with Crippen LogP contribution in [-0.2, 0) is 17.9 Å². The molecule has 0 unspecified atom stereocenters. The van der Waals surface area contributed by atoms with E-state index >= 15 is 0 Å². The van der Waals surface area contributed by atoms with E-state index in [0.29, 0.717) is 6.61 Å². The number of likely N-dealkylation sites (tertiary alicyclic amines) is 1. The van der Waals surface area contributed by atoms with Crippen molar-refractivity contribution in [1.29, 1.82) is 0 Å². The van der Waals surface area contributed by atoms with Crippen molar-refractivity contribution in [2.24, 2.45) is 5.92 Å². The molecule has 0 bridgehead atoms. The van der Waals surface area contributed by atoms with Gasteiger partial charge >= 0.3 is 5.97 Å². The molecule has 2 aromatic rings. The molecule has 132 valence electrons. The van der Waals surface area contributed by atoms with E-state index in [9.17, 15) is 9.90 Å². The second-order valence-corrected chi connectivity index (χ2v) is 6.59. The molecule has 2 heterocycles. The number of piperidine rings is 1. The molecule has 2 atom stereocenters. The highest BCUT2D eigenvalue weighted by Gasteiger charge is 2.32. The van der Waals surface area contributed by atoms with Gasteiger partial charge in [0.1, 0.15) is 12.4 Å². The molecule has 5 heteroatoms. The summed E-state index contributed by atoms with van der Waals surface area (Å²) in [6.45, 7) is 4.26. The van der Waals surface area contributed by atoms with Crippen LogP contribution in [0.25, 0.3) is 0 Å². The van der Waals surface area contributed by atoms with Crippen LogP contribution >= 0.6 is 0 Å². The van der Waals surface area contributed by atoms with E-state index in [1.807, 2.05) is 31.2 Å². The Hall–Kier alpha value is -2.40. The standard InChI is InChI=1S/C20H24N2O3/c1-15-19(20(23)24)3-2-12-22(15)13-16-4-6-18(7-5-16)25-14-17-8-10-21-11-9-17/h4-11,15,19H,2-3,12-14H2,1H3,(H,23,24)/t15-,19-/m1/s1. The van der Waals surface area contributed by atoms with Crippen LogP contribution in [0.5, 0.6) is 5.75 Å². The molecule has 1 aliphatic heterocycles. The summed E-state index contributed by atoms with van der Waals surface area (Å²) < 4.78 is 5.79. The van der Waals surface area contributed by atoms with Gasteiger partial charge in [0, 0.05) is 25.0 Å². The van der Waals surface area contributed by atoms with Crippen LogP contribution in [0.2, 0.25) is 0 Å². The van der Waals surface area contributed by atoms with Crippen molar-refractivity contribution >= 4 is 5.97 Å². The number of benzene rings is 1. The number of aromatic nitrogens is 1. The number of nitrogens with zero attached hydrogens (tertiary/aromatic N) is 2. The van der Waals surface area contributed by atoms with Crippen molar-refractivity contribution in [2.75, 3.05) is 6.54 Å². The smallest absolute Gasteiger partial charge is 0.308 e. The first-order valence-corrected chi connectivity index (χ1v) is 8.71. The van der Waals surface area contributed by atoms with Crippen molar-refractivity contribution in [1.82, 2.24) is 9.88 Å². The predicted molar refractivity (Wildman–Crippen MR) is 95.2 cm³/mol. The van der Waals surface area contributed by atoms with Crippen LogP contribution in [0.15, 0.2) is 48.8 Å². The third-order valence-electron chi connectivity index (χ3n) is 4.90. The third-order valence-corrected chi connectivity index (χ3v) is 4.90. The monoisotopic (exact) mass is 340 g/mol. The lowest BCUT2D eigenvalue weighted by atomic mass is 9.90. The molecule has 3 rings (SSSR count). The Morgan fingerprint density at radius 2 is 1.92 bits per heavy atom. The molecule has 0 aliphatic carbocycles. The first kappa shape index (κ1) is 17.4. The average molecular weight is 340 g/mol. The summed E-state index contributed by atoms with van der Waals surface area (Å²) in [7, 11) is 0. The summed E-state index contributed by atoms with van der Waals surface area (Å²) in [5.74, 6) is -0.121. The molecule has 1 saturated heterocycles. The molecule has 0 radical (unpaired) electrons. The van der Waals surface area contributed by atoms with Crippen LogP contribution in [-0.4, -0.2) is 33.5 Å². The van der Waals surface area contributed by atoms with Gasteiger partial charge in [-0.15, -0.1) is 0 Å². The Kier molecular flexibility index (Phi) is 5.66. The van der Waals surface area contributed by atoms with Gasteiger partial charge in [-0.1, -0.05) is 12.1 Å². The first-order chi connectivity index (χ1) is 12.1. The second kappa shape index (κ2) is 8.12. The number of hydrogen-bond donors (Lipinski definition) is 1. The largest absolute Gasteiger partial charge is 0.489 e. The minimum atomic E-state index is -0.683. The van der Waals surface area contributed by atoms with E-state index in [2.05, 4.69) is 22.0 Å². The molecule has 1 aromatic carbocycles. The zero-order chi connectivity index (χ0) is 17.6. The number of carbonyl (C=O) groups is 1. The highest BCUT2D eigenvalue weighted by atomic mass is 16.5. The van der Waals surface area contributed by atoms with Gasteiger partial charge in [-0.3, -0.25) is 14.7 Å². The van der Waals surface area contributed by atoms with E-state index in [1.165, 1.54) is 5.56 Å². The second-order valence-electron chi connectivity index (χ2n) is 6.59. The van der Waals surface area contributed by atoms with E-state index in [4.69, 9.17) is 4.74 Å². The lowest BCUT2D eigenvalue weighted by molar-refractivity contribution is -0.145. The zero-order valence-corrected chi connectivity index (χ0v) is 14.5. The molecule has 5 nitrogen and oxygen atoms in total. The summed E-state index contributed by atoms with van der Waals surface area (Å²) in [5, 5.41) is 9.33. The summed E-state index contributed by atoms with van der Waals surface area (Å²) in [6, 6.07) is 12.0. The SMILES string of the molecule is C[C@@H]1[C@H](C(=O)O)CCCN1Cc1ccc(OCc2ccncc2)cc1. The maximum absolute atomic E-state index is 11.3. The van der Waals surface area contributed by atoms with E-state index in [1.54, 1.807) is 12.4 Å². The van der Waals surface area contributed by atoms with Crippen LogP contribution in [0.4, 0.5) is 0 Å². The fraction of sp³-hybridized carbons (Fsp3) is 0.400. The van der Waals surface area contributed by atoms with E-state index in [-0.39, 0.29) is 12.0 Å². The topological polar surface area (TPSA) is 62.7 Å². The zero-order valence-electron chi connectivity index (χ0n) is 14.5. The van der Waals surface area contributed by atoms with E-state index < -0.39 is 5.97 Å². The van der Waals surface area contributed by atoms with Gasteiger partial charge in [0.05, 0.1) is 5.92 Å². The number of ether oxygens (including phenoxy) is 1. The number of hydrogen-bond acceptors (Lipinski definition) is 4. The van der Waals surface area contributed by atoms with Crippen molar-refractivity contribution < 1.29 is 14.6 Å². The van der Waals surface area contributed by atoms with Gasteiger partial charge in [-0.05, 0) is 61.7 Å². The predicted octanol–water partition coefficient (Wildman–Crippen LogP) is 3.35. The molecule has 1 N–H and O–H groups in total. The Morgan fingerprint density at radius 3 is 2.60 bits per heavy atom. The van der Waals surface area contributed by atoms with Crippen molar-refractivity contribution in [2.45, 2.75) is 39.0 Å². The minimum absolute atomic E-state index is 0.0638. The van der Waals surface area contributed by atoms with Gasteiger partial charge in [-0.25, -0.2) is 0 Å². The van der Waals surface area contributed by atoms with Crippen molar-refractivity contribution in [3.63, 3.8) is 0 Å². The molecular formula is C20H24N2O3. The highest BCUT2D eigenvalue weighted by molar-refractivity contribution is 5.71. The number of pyridine rings is 1. The molecule has 1 aliphatic rings. The number of aliphatic carboxylic acids is 1. The fourth-order valence-electron chi connectivity index (χ4n) is 3.34. The number of carboxylic acid groups (broad SMARTS) is 1. The van der Waals surface area contributed by atoms with Crippen LogP contribution < -0.4 is 4.74 Å². The summed E-state index contributed by atoms with van der Waals surface area (Å²) in [6.07, 6.45) is 5.22. The van der Waals surface area contributed by atoms with Crippen LogP contribution in [0.1, 0.15) is 30.9 Å². The lowest BCUT2D eigenvalue weighted by Gasteiger charge is -2.37. The Labute approximate surface area is 148 Å². The molecule has 1 fully saturated rings. The Balaban J connectivity index is 1.56. The van der Waals surface area contributed by atoms with Crippen LogP contribution in [0.3, 0.4) is 0 Å². The number of rotatable bonds is 6. The highest BCUT2D eigenvalue weighted by Crippen LogP contribution is 2.26. The lowest BCUT2D eigenvalue weighted by Crippen LogP contribution is -2.45. The van der Waals surface area contributed by atoms with Gasteiger partial charge in [0.25, 0.3) is 0 Å². The molecule has 25 heavy (non-hydrogen) atoms. The van der Waals surface area contributed by atoms with Gasteiger partial charge in [-0.2, -0.15) is 0 Å². The van der Waals surface area contributed by atoms with Crippen molar-refractivity contribution in [3.8, 4) is 5.75 Å². The normalized spacial score (nSPS) is 21.0. The van der Waals surface area contributed by atoms with Gasteiger partial charge in [0.2, 0.25) is 0 Å². The maximum atomic E-state index is 11.3. The van der Waals surface area contributed by atoms with Gasteiger partial charge < -0.3 is 9.84 Å². The molecule has 0 saturated carbocycles. The summed E-state index contributed by atoms with van der Waals surface area (Å²) in [5.41, 5.74) is 2.26. The molecule has 0 spiro atoms. The summed E-state index contributed by atoms with van der Waals surface area (Å²) in [4.78, 5) is 17.6. The maximum Gasteiger partial charge on any atom is 0.308 e. The number of carboxylic acids is 1. The molecular weight excluding hydrogens is 316 g/mol. The third kappa shape index (κ3) is 4.57. The molecule has 1 aromatic heterocycles. The minimum Gasteiger partial charge on any atom is -0.489 e. The average Bonchev–Trinajstić information content (AvgIpc) is 2.63. The summed E-state index contributed by atoms with van der Waals surface area (Å²) >= 11 is 0. The van der Waals surface area contributed by atoms with Gasteiger partial charge in [0.15, 0.2) is 0 Å². The molecule has 0 amide bonds. The van der Waals surface area contributed by atoms with Crippen molar-refractivity contribution in [3.05, 3.63) is 59.9 Å². The fourth-order valence-corrected chi connectivity index (χ4v) is 3.34. The quantitative estimate of drug-likeness (QED) is 0.874. The Bertz CT molecular complexity index is 688.